The van der Waals surface area contributed by atoms with Gasteiger partial charge in [0.05, 0.1) is 12.0 Å². The van der Waals surface area contributed by atoms with Gasteiger partial charge in [-0.05, 0) is 38.8 Å². The number of nitrogens with one attached hydrogen (secondary N) is 3. The molecule has 0 unspecified atom stereocenters. The van der Waals surface area contributed by atoms with Crippen molar-refractivity contribution in [3.8, 4) is 0 Å². The van der Waals surface area contributed by atoms with Gasteiger partial charge in [-0.15, -0.1) is 0 Å². The standard InChI is InChI=1S/C14H25N3O3/c18-12(19)10-14(6-2-1-3-7-14)17-13(20)16-11-4-8-15-9-5-11/h11,15H,1-10H2,(H,18,19)(H2,16,17,20). The molecule has 2 fully saturated rings. The number of hydrogen-bond acceptors (Lipinski definition) is 3. The van der Waals surface area contributed by atoms with Crippen LogP contribution in [0.1, 0.15) is 51.4 Å². The number of carbonyl (C=O) groups is 2. The number of rotatable bonds is 4. The van der Waals surface area contributed by atoms with Crippen LogP contribution < -0.4 is 16.0 Å². The van der Waals surface area contributed by atoms with Gasteiger partial charge in [-0.2, -0.15) is 0 Å². The third kappa shape index (κ3) is 4.37. The zero-order valence-electron chi connectivity index (χ0n) is 11.9. The Balaban J connectivity index is 1.89. The Bertz CT molecular complexity index is 348. The van der Waals surface area contributed by atoms with E-state index in [1.165, 1.54) is 0 Å². The molecule has 2 aliphatic rings. The molecule has 20 heavy (non-hydrogen) atoms. The molecule has 0 radical (unpaired) electrons. The summed E-state index contributed by atoms with van der Waals surface area (Å²) in [7, 11) is 0. The van der Waals surface area contributed by atoms with Crippen LogP contribution in [0.15, 0.2) is 0 Å². The van der Waals surface area contributed by atoms with Crippen LogP contribution in [-0.4, -0.2) is 41.8 Å². The van der Waals surface area contributed by atoms with Crippen molar-refractivity contribution in [3.63, 3.8) is 0 Å². The summed E-state index contributed by atoms with van der Waals surface area (Å²) in [6, 6.07) is -0.0123. The Kier molecular flexibility index (Phi) is 5.23. The van der Waals surface area contributed by atoms with Crippen molar-refractivity contribution >= 4 is 12.0 Å². The molecule has 2 amide bonds. The molecule has 1 saturated carbocycles. The van der Waals surface area contributed by atoms with Crippen molar-refractivity contribution in [2.45, 2.75) is 62.9 Å². The molecule has 0 atom stereocenters. The van der Waals surface area contributed by atoms with Gasteiger partial charge >= 0.3 is 12.0 Å². The van der Waals surface area contributed by atoms with E-state index >= 15 is 0 Å². The van der Waals surface area contributed by atoms with Gasteiger partial charge in [0, 0.05) is 6.04 Å². The van der Waals surface area contributed by atoms with Crippen molar-refractivity contribution in [3.05, 3.63) is 0 Å². The van der Waals surface area contributed by atoms with Crippen LogP contribution in [0.3, 0.4) is 0 Å². The second kappa shape index (κ2) is 6.92. The number of carboxylic acid groups (broad SMARTS) is 1. The highest BCUT2D eigenvalue weighted by Crippen LogP contribution is 2.31. The van der Waals surface area contributed by atoms with Crippen molar-refractivity contribution < 1.29 is 14.7 Å². The fourth-order valence-electron chi connectivity index (χ4n) is 3.29. The van der Waals surface area contributed by atoms with E-state index in [0.717, 1.165) is 58.0 Å². The van der Waals surface area contributed by atoms with E-state index in [-0.39, 0.29) is 18.5 Å². The minimum Gasteiger partial charge on any atom is -0.481 e. The highest BCUT2D eigenvalue weighted by atomic mass is 16.4. The number of carbonyl (C=O) groups excluding carboxylic acids is 1. The molecule has 2 rings (SSSR count). The average Bonchev–Trinajstić information content (AvgIpc) is 2.39. The van der Waals surface area contributed by atoms with Crippen LogP contribution in [0.4, 0.5) is 4.79 Å². The van der Waals surface area contributed by atoms with Gasteiger partial charge in [0.15, 0.2) is 0 Å². The van der Waals surface area contributed by atoms with E-state index in [2.05, 4.69) is 16.0 Å². The summed E-state index contributed by atoms with van der Waals surface area (Å²) in [6.07, 6.45) is 6.50. The summed E-state index contributed by atoms with van der Waals surface area (Å²) in [4.78, 5) is 23.2. The zero-order chi connectivity index (χ0) is 14.4. The van der Waals surface area contributed by atoms with Gasteiger partial charge in [-0.25, -0.2) is 4.79 Å². The fourth-order valence-corrected chi connectivity index (χ4v) is 3.29. The Morgan fingerprint density at radius 1 is 1.15 bits per heavy atom. The molecule has 0 aromatic carbocycles. The Labute approximate surface area is 119 Å². The van der Waals surface area contributed by atoms with Gasteiger partial charge in [0.25, 0.3) is 0 Å². The van der Waals surface area contributed by atoms with Gasteiger partial charge in [0.2, 0.25) is 0 Å². The lowest BCUT2D eigenvalue weighted by atomic mass is 9.79. The van der Waals surface area contributed by atoms with E-state index in [4.69, 9.17) is 5.11 Å². The highest BCUT2D eigenvalue weighted by Gasteiger charge is 2.36. The van der Waals surface area contributed by atoms with Gasteiger partial charge in [0.1, 0.15) is 0 Å². The maximum Gasteiger partial charge on any atom is 0.315 e. The normalized spacial score (nSPS) is 23.0. The first kappa shape index (κ1) is 15.1. The SMILES string of the molecule is O=C(O)CC1(NC(=O)NC2CCNCC2)CCCCC1. The van der Waals surface area contributed by atoms with Crippen LogP contribution in [-0.2, 0) is 4.79 Å². The zero-order valence-corrected chi connectivity index (χ0v) is 11.9. The monoisotopic (exact) mass is 283 g/mol. The second-order valence-corrected chi connectivity index (χ2v) is 6.03. The quantitative estimate of drug-likeness (QED) is 0.624. The first-order valence-electron chi connectivity index (χ1n) is 7.61. The molecule has 114 valence electrons. The van der Waals surface area contributed by atoms with E-state index < -0.39 is 11.5 Å². The predicted octanol–water partition coefficient (Wildman–Crippen LogP) is 1.22. The maximum atomic E-state index is 12.1. The molecule has 6 nitrogen and oxygen atoms in total. The van der Waals surface area contributed by atoms with Crippen LogP contribution >= 0.6 is 0 Å². The molecule has 4 N–H and O–H groups in total. The molecule has 0 aromatic rings. The van der Waals surface area contributed by atoms with E-state index in [9.17, 15) is 9.59 Å². The first-order chi connectivity index (χ1) is 9.60. The molecule has 1 heterocycles. The summed E-state index contributed by atoms with van der Waals surface area (Å²) in [6.45, 7) is 1.84. The second-order valence-electron chi connectivity index (χ2n) is 6.03. The summed E-state index contributed by atoms with van der Waals surface area (Å²) >= 11 is 0. The Morgan fingerprint density at radius 3 is 2.40 bits per heavy atom. The number of aliphatic carboxylic acids is 1. The van der Waals surface area contributed by atoms with E-state index in [1.807, 2.05) is 0 Å². The number of amides is 2. The van der Waals surface area contributed by atoms with E-state index in [0.29, 0.717) is 0 Å². The molecule has 0 bridgehead atoms. The third-order valence-corrected chi connectivity index (χ3v) is 4.35. The number of carboxylic acids is 1. The largest absolute Gasteiger partial charge is 0.481 e. The first-order valence-corrected chi connectivity index (χ1v) is 7.61. The predicted molar refractivity (Wildman–Crippen MR) is 75.6 cm³/mol. The minimum absolute atomic E-state index is 0.0205. The number of piperidine rings is 1. The molecule has 1 aliphatic heterocycles. The highest BCUT2D eigenvalue weighted by molar-refractivity contribution is 5.77. The summed E-state index contributed by atoms with van der Waals surface area (Å²) in [5, 5.41) is 18.3. The Hall–Kier alpha value is -1.30. The van der Waals surface area contributed by atoms with Crippen LogP contribution in [0.25, 0.3) is 0 Å². The molecule has 1 saturated heterocycles. The number of urea groups is 1. The molecule has 0 spiro atoms. The van der Waals surface area contributed by atoms with Gasteiger partial charge in [-0.3, -0.25) is 4.79 Å². The molecular weight excluding hydrogens is 258 g/mol. The number of hydrogen-bond donors (Lipinski definition) is 4. The van der Waals surface area contributed by atoms with Crippen LogP contribution in [0.2, 0.25) is 0 Å². The average molecular weight is 283 g/mol. The van der Waals surface area contributed by atoms with Crippen molar-refractivity contribution in [1.29, 1.82) is 0 Å². The topological polar surface area (TPSA) is 90.5 Å². The molecule has 1 aliphatic carbocycles. The summed E-state index contributed by atoms with van der Waals surface area (Å²) in [5.74, 6) is -0.839. The van der Waals surface area contributed by atoms with Crippen LogP contribution in [0, 0.1) is 0 Å². The van der Waals surface area contributed by atoms with Crippen LogP contribution in [0.5, 0.6) is 0 Å². The third-order valence-electron chi connectivity index (χ3n) is 4.35. The smallest absolute Gasteiger partial charge is 0.315 e. The minimum atomic E-state index is -0.839. The maximum absolute atomic E-state index is 12.1. The van der Waals surface area contributed by atoms with E-state index in [1.54, 1.807) is 0 Å². The summed E-state index contributed by atoms with van der Waals surface area (Å²) in [5.41, 5.74) is -0.554. The summed E-state index contributed by atoms with van der Waals surface area (Å²) < 4.78 is 0. The lowest BCUT2D eigenvalue weighted by Crippen LogP contribution is -2.56. The van der Waals surface area contributed by atoms with Crippen molar-refractivity contribution in [2.24, 2.45) is 0 Å². The van der Waals surface area contributed by atoms with Gasteiger partial charge in [-0.1, -0.05) is 19.3 Å². The Morgan fingerprint density at radius 2 is 1.80 bits per heavy atom. The lowest BCUT2D eigenvalue weighted by Gasteiger charge is -2.37. The van der Waals surface area contributed by atoms with Gasteiger partial charge < -0.3 is 21.1 Å². The van der Waals surface area contributed by atoms with Crippen molar-refractivity contribution in [2.75, 3.05) is 13.1 Å². The molecule has 0 aromatic heterocycles. The van der Waals surface area contributed by atoms with Crippen molar-refractivity contribution in [1.82, 2.24) is 16.0 Å². The molecule has 6 heteroatoms. The molecular formula is C14H25N3O3. The fraction of sp³-hybridized carbons (Fsp3) is 0.857. The lowest BCUT2D eigenvalue weighted by molar-refractivity contribution is -0.139.